The third-order valence-electron chi connectivity index (χ3n) is 7.57. The Bertz CT molecular complexity index is 797. The topological polar surface area (TPSA) is 98.4 Å². The summed E-state index contributed by atoms with van der Waals surface area (Å²) in [7, 11) is 0. The van der Waals surface area contributed by atoms with Crippen LogP contribution in [0.2, 0.25) is 0 Å². The van der Waals surface area contributed by atoms with Crippen LogP contribution in [0.3, 0.4) is 0 Å². The summed E-state index contributed by atoms with van der Waals surface area (Å²) in [6, 6.07) is 1.88. The average molecular weight is 384 g/mol. The molecule has 1 aliphatic heterocycles. The highest BCUT2D eigenvalue weighted by atomic mass is 16.6. The molecule has 6 rings (SSSR count). The number of likely N-dealkylation sites (tertiary alicyclic amines) is 1. The lowest BCUT2D eigenvalue weighted by molar-refractivity contribution is -0.161. The van der Waals surface area contributed by atoms with Crippen LogP contribution >= 0.6 is 0 Å². The molecule has 7 nitrogen and oxygen atoms in total. The number of carbonyl (C=O) groups excluding carboxylic acids is 2. The minimum atomic E-state index is -0.347. The van der Waals surface area contributed by atoms with Gasteiger partial charge in [0.1, 0.15) is 11.9 Å². The van der Waals surface area contributed by atoms with Crippen LogP contribution in [-0.4, -0.2) is 46.1 Å². The van der Waals surface area contributed by atoms with Crippen molar-refractivity contribution in [2.45, 2.75) is 57.5 Å². The van der Waals surface area contributed by atoms with E-state index in [0.717, 1.165) is 50.0 Å². The van der Waals surface area contributed by atoms with Gasteiger partial charge in [-0.05, 0) is 69.3 Å². The number of ether oxygens (including phenoxy) is 1. The number of rotatable bonds is 3. The number of amides is 2. The van der Waals surface area contributed by atoms with Crippen LogP contribution < -0.4 is 5.73 Å². The zero-order chi connectivity index (χ0) is 19.5. The first-order valence-electron chi connectivity index (χ1n) is 10.5. The summed E-state index contributed by atoms with van der Waals surface area (Å²) < 4.78 is 6.04. The smallest absolute Gasteiger partial charge is 0.410 e. The lowest BCUT2D eigenvalue weighted by Gasteiger charge is -2.58. The molecular formula is C21H28N4O3. The molecule has 5 aliphatic rings. The Morgan fingerprint density at radius 1 is 1.25 bits per heavy atom. The first kappa shape index (κ1) is 17.9. The van der Waals surface area contributed by atoms with Crippen LogP contribution in [0.1, 0.15) is 56.0 Å². The van der Waals surface area contributed by atoms with Gasteiger partial charge in [0.15, 0.2) is 0 Å². The summed E-state index contributed by atoms with van der Waals surface area (Å²) in [4.78, 5) is 35.6. The molecule has 28 heavy (non-hydrogen) atoms. The Morgan fingerprint density at radius 2 is 2.00 bits per heavy atom. The van der Waals surface area contributed by atoms with Crippen LogP contribution in [-0.2, 0) is 9.53 Å². The second-order valence-corrected chi connectivity index (χ2v) is 9.45. The zero-order valence-corrected chi connectivity index (χ0v) is 16.3. The number of aromatic nitrogens is 2. The summed E-state index contributed by atoms with van der Waals surface area (Å²) in [6.45, 7) is 3.24. The molecule has 2 heterocycles. The van der Waals surface area contributed by atoms with Crippen molar-refractivity contribution in [3.05, 3.63) is 23.8 Å². The molecule has 1 aromatic heterocycles. The molecule has 5 fully saturated rings. The summed E-state index contributed by atoms with van der Waals surface area (Å²) in [6.07, 6.45) is 6.98. The van der Waals surface area contributed by atoms with Crippen molar-refractivity contribution in [3.63, 3.8) is 0 Å². The summed E-state index contributed by atoms with van der Waals surface area (Å²) in [5, 5.41) is 0. The monoisotopic (exact) mass is 384 g/mol. The number of hydrogen-bond acceptors (Lipinski definition) is 5. The van der Waals surface area contributed by atoms with Gasteiger partial charge >= 0.3 is 6.09 Å². The summed E-state index contributed by atoms with van der Waals surface area (Å²) in [5.74, 6) is 1.95. The molecule has 0 spiro atoms. The molecule has 1 saturated heterocycles. The van der Waals surface area contributed by atoms with Crippen molar-refractivity contribution >= 4 is 12.0 Å². The number of nitrogens with zero attached hydrogens (tertiary/aromatic N) is 3. The molecule has 0 aromatic carbocycles. The van der Waals surface area contributed by atoms with Crippen molar-refractivity contribution in [2.75, 3.05) is 13.1 Å². The number of aryl methyl sites for hydroxylation is 1. The van der Waals surface area contributed by atoms with E-state index in [-0.39, 0.29) is 41.3 Å². The lowest BCUT2D eigenvalue weighted by Crippen LogP contribution is -2.59. The Balaban J connectivity index is 1.24. The Hall–Kier alpha value is -2.18. The average Bonchev–Trinajstić information content (AvgIpc) is 3.14. The number of primary amides is 1. The van der Waals surface area contributed by atoms with Crippen molar-refractivity contribution < 1.29 is 14.3 Å². The van der Waals surface area contributed by atoms with E-state index in [0.29, 0.717) is 19.0 Å². The Kier molecular flexibility index (Phi) is 4.10. The van der Waals surface area contributed by atoms with Crippen molar-refractivity contribution in [2.24, 2.45) is 28.9 Å². The van der Waals surface area contributed by atoms with Crippen molar-refractivity contribution in [1.29, 1.82) is 0 Å². The quantitative estimate of drug-likeness (QED) is 0.863. The number of carbonyl (C=O) groups is 2. The number of hydrogen-bond donors (Lipinski definition) is 1. The third kappa shape index (κ3) is 2.86. The van der Waals surface area contributed by atoms with E-state index in [4.69, 9.17) is 10.5 Å². The minimum Gasteiger partial charge on any atom is -0.446 e. The van der Waals surface area contributed by atoms with Crippen LogP contribution in [0.25, 0.3) is 0 Å². The third-order valence-corrected chi connectivity index (χ3v) is 7.57. The van der Waals surface area contributed by atoms with E-state index in [1.165, 1.54) is 0 Å². The highest BCUT2D eigenvalue weighted by molar-refractivity contribution is 5.81. The summed E-state index contributed by atoms with van der Waals surface area (Å²) >= 11 is 0. The van der Waals surface area contributed by atoms with E-state index in [2.05, 4.69) is 9.97 Å². The highest BCUT2D eigenvalue weighted by Gasteiger charge is 2.59. The molecule has 4 saturated carbocycles. The fraction of sp³-hybridized carbons (Fsp3) is 0.714. The number of nitrogens with two attached hydrogens (primary N) is 1. The van der Waals surface area contributed by atoms with Gasteiger partial charge in [0.25, 0.3) is 0 Å². The van der Waals surface area contributed by atoms with Crippen molar-refractivity contribution in [1.82, 2.24) is 14.9 Å². The molecule has 4 bridgehead atoms. The first-order chi connectivity index (χ1) is 13.4. The lowest BCUT2D eigenvalue weighted by atomic mass is 9.48. The Morgan fingerprint density at radius 3 is 2.68 bits per heavy atom. The van der Waals surface area contributed by atoms with Gasteiger partial charge in [0, 0.05) is 30.9 Å². The van der Waals surface area contributed by atoms with Gasteiger partial charge in [-0.1, -0.05) is 0 Å². The largest absolute Gasteiger partial charge is 0.446 e. The summed E-state index contributed by atoms with van der Waals surface area (Å²) in [5.41, 5.74) is 6.35. The molecular weight excluding hydrogens is 356 g/mol. The highest BCUT2D eigenvalue weighted by Crippen LogP contribution is 2.60. The van der Waals surface area contributed by atoms with Crippen LogP contribution in [0, 0.1) is 30.1 Å². The molecule has 0 radical (unpaired) electrons. The van der Waals surface area contributed by atoms with Gasteiger partial charge < -0.3 is 15.4 Å². The van der Waals surface area contributed by atoms with E-state index in [1.807, 2.05) is 13.0 Å². The molecule has 3 unspecified atom stereocenters. The fourth-order valence-corrected chi connectivity index (χ4v) is 6.46. The van der Waals surface area contributed by atoms with Crippen LogP contribution in [0.5, 0.6) is 0 Å². The van der Waals surface area contributed by atoms with E-state index >= 15 is 0 Å². The predicted octanol–water partition coefficient (Wildman–Crippen LogP) is 2.39. The molecule has 2 amide bonds. The van der Waals surface area contributed by atoms with Crippen LogP contribution in [0.4, 0.5) is 4.79 Å². The maximum Gasteiger partial charge on any atom is 0.410 e. The zero-order valence-electron chi connectivity index (χ0n) is 16.3. The van der Waals surface area contributed by atoms with Gasteiger partial charge in [-0.25, -0.2) is 14.8 Å². The Labute approximate surface area is 165 Å². The molecule has 2 N–H and O–H groups in total. The van der Waals surface area contributed by atoms with Gasteiger partial charge in [0.2, 0.25) is 5.91 Å². The molecule has 3 atom stereocenters. The van der Waals surface area contributed by atoms with Gasteiger partial charge in [-0.2, -0.15) is 0 Å². The predicted molar refractivity (Wildman–Crippen MR) is 101 cm³/mol. The minimum absolute atomic E-state index is 0.0641. The van der Waals surface area contributed by atoms with Crippen LogP contribution in [0.15, 0.2) is 12.3 Å². The van der Waals surface area contributed by atoms with Gasteiger partial charge in [-0.3, -0.25) is 4.79 Å². The molecule has 4 aliphatic carbocycles. The van der Waals surface area contributed by atoms with E-state index in [1.54, 1.807) is 11.1 Å². The normalized spacial score (nSPS) is 38.6. The molecule has 1 aromatic rings. The first-order valence-corrected chi connectivity index (χ1v) is 10.5. The molecule has 150 valence electrons. The standard InChI is InChI=1S/C21H28N4O3/c1-12-2-4-23-18(24-12)14-3-5-25(11-14)20(27)28-17-15-6-13-7-16(17)10-21(8-13,9-15)19(22)26/h2,4,13-17H,3,5-11H2,1H3,(H2,22,26). The van der Waals surface area contributed by atoms with Gasteiger partial charge in [-0.15, -0.1) is 0 Å². The SMILES string of the molecule is Cc1ccnc(C2CCN(C(=O)OC3C4CC5CC3CC(C(N)=O)(C5)C4)C2)n1. The second-order valence-electron chi connectivity index (χ2n) is 9.45. The maximum atomic E-state index is 12.9. The molecule has 7 heteroatoms. The van der Waals surface area contributed by atoms with Crippen molar-refractivity contribution in [3.8, 4) is 0 Å². The van der Waals surface area contributed by atoms with E-state index in [9.17, 15) is 9.59 Å². The maximum absolute atomic E-state index is 12.9. The van der Waals surface area contributed by atoms with Gasteiger partial charge in [0.05, 0.1) is 5.41 Å². The second kappa shape index (κ2) is 6.42. The van der Waals surface area contributed by atoms with E-state index < -0.39 is 0 Å². The fourth-order valence-electron chi connectivity index (χ4n) is 6.46.